The molecule has 0 spiro atoms. The zero-order valence-electron chi connectivity index (χ0n) is 5.80. The van der Waals surface area contributed by atoms with Crippen LogP contribution >= 0.6 is 0 Å². The Bertz CT molecular complexity index is 194. The molecule has 10 heavy (non-hydrogen) atoms. The van der Waals surface area contributed by atoms with E-state index in [2.05, 4.69) is 17.9 Å². The van der Waals surface area contributed by atoms with Crippen LogP contribution in [0.4, 0.5) is 0 Å². The van der Waals surface area contributed by atoms with E-state index >= 15 is 0 Å². The summed E-state index contributed by atoms with van der Waals surface area (Å²) in [6.07, 6.45) is 0. The van der Waals surface area contributed by atoms with Gasteiger partial charge in [-0.15, -0.1) is 0 Å². The molecule has 0 bridgehead atoms. The molecule has 0 aromatic carbocycles. The number of hydrogen-bond donors (Lipinski definition) is 1. The molecule has 5 heteroatoms. The monoisotopic (exact) mass is 161 g/mol. The van der Waals surface area contributed by atoms with E-state index in [1.807, 2.05) is 0 Å². The summed E-state index contributed by atoms with van der Waals surface area (Å²) >= 11 is 4.58. The van der Waals surface area contributed by atoms with E-state index in [4.69, 9.17) is 10.5 Å². The molecule has 0 aliphatic rings. The van der Waals surface area contributed by atoms with Crippen molar-refractivity contribution in [3.63, 3.8) is 0 Å². The van der Waals surface area contributed by atoms with Crippen LogP contribution < -0.4 is 34.9 Å². The summed E-state index contributed by atoms with van der Waals surface area (Å²) < 4.78 is 0. The molecule has 3 nitrogen and oxygen atoms in total. The number of hydrogen-bond acceptors (Lipinski definition) is 4. The number of nitrogens with one attached hydrogen (secondary N) is 1. The third-order valence-electron chi connectivity index (χ3n) is 0.678. The molecule has 0 aromatic heterocycles. The van der Waals surface area contributed by atoms with Crippen LogP contribution in [0.2, 0.25) is 0 Å². The molecule has 0 amide bonds. The maximum absolute atomic E-state index is 8.19. The van der Waals surface area contributed by atoms with Gasteiger partial charge in [-0.05, 0) is 0 Å². The van der Waals surface area contributed by atoms with Crippen molar-refractivity contribution in [3.8, 4) is 12.1 Å². The first-order valence-electron chi connectivity index (χ1n) is 2.15. The van der Waals surface area contributed by atoms with Gasteiger partial charge in [0.25, 0.3) is 0 Å². The fraction of sp³-hybridized carbons (Fsp3) is 0.200. The fourth-order valence-electron chi connectivity index (χ4n) is 0.252. The van der Waals surface area contributed by atoms with Gasteiger partial charge in [-0.3, -0.25) is 0 Å². The maximum atomic E-state index is 8.19. The van der Waals surface area contributed by atoms with Crippen molar-refractivity contribution in [2.45, 2.75) is 0 Å². The Kier molecular flexibility index (Phi) is 8.51. The van der Waals surface area contributed by atoms with Crippen LogP contribution in [0.15, 0.2) is 10.6 Å². The minimum Gasteiger partial charge on any atom is -0.761 e. The van der Waals surface area contributed by atoms with Crippen molar-refractivity contribution in [2.75, 3.05) is 7.05 Å². The summed E-state index contributed by atoms with van der Waals surface area (Å²) in [6.45, 7) is 0. The van der Waals surface area contributed by atoms with Gasteiger partial charge in [0.15, 0.2) is 0 Å². The normalized spacial score (nSPS) is 5.90. The van der Waals surface area contributed by atoms with Gasteiger partial charge < -0.3 is 17.9 Å². The summed E-state index contributed by atoms with van der Waals surface area (Å²) in [5, 5.41) is 19.1. The van der Waals surface area contributed by atoms with E-state index in [1.54, 1.807) is 19.2 Å². The van der Waals surface area contributed by atoms with E-state index in [0.717, 1.165) is 0 Å². The average molecular weight is 161 g/mol. The minimum atomic E-state index is -0.0486. The second-order valence-corrected chi connectivity index (χ2v) is 1.59. The second-order valence-electron chi connectivity index (χ2n) is 1.18. The van der Waals surface area contributed by atoms with Gasteiger partial charge in [0.1, 0.15) is 17.7 Å². The standard InChI is InChI=1S/C5H5N3S.Na/c1-8-5(9)4(2-6)3-7;/h8-9H,1H3;/q;+1/p-1. The van der Waals surface area contributed by atoms with Gasteiger partial charge in [-0.2, -0.15) is 10.5 Å². The third kappa shape index (κ3) is 3.71. The molecule has 0 unspecified atom stereocenters. The predicted molar refractivity (Wildman–Crippen MR) is 34.7 cm³/mol. The van der Waals surface area contributed by atoms with Crippen molar-refractivity contribution < 1.29 is 29.6 Å². The largest absolute Gasteiger partial charge is 1.00 e. The third-order valence-corrected chi connectivity index (χ3v) is 1.09. The van der Waals surface area contributed by atoms with Crippen LogP contribution in [0, 0.1) is 22.7 Å². The zero-order chi connectivity index (χ0) is 7.28. The van der Waals surface area contributed by atoms with Crippen LogP contribution in [-0.2, 0) is 12.6 Å². The Labute approximate surface area is 87.4 Å². The van der Waals surface area contributed by atoms with Gasteiger partial charge in [0, 0.05) is 7.05 Å². The van der Waals surface area contributed by atoms with Crippen LogP contribution in [0.25, 0.3) is 0 Å². The first kappa shape index (κ1) is 12.4. The van der Waals surface area contributed by atoms with E-state index in [0.29, 0.717) is 0 Å². The Morgan fingerprint density at radius 1 is 1.40 bits per heavy atom. The average Bonchev–Trinajstić information content (AvgIpc) is 1.90. The molecule has 0 atom stereocenters. The molecule has 46 valence electrons. The van der Waals surface area contributed by atoms with Crippen molar-refractivity contribution >= 4 is 12.6 Å². The Hall–Kier alpha value is -0.260. The molecule has 0 aliphatic carbocycles. The number of nitriles is 2. The summed E-state index contributed by atoms with van der Waals surface area (Å²) in [6, 6.07) is 3.31. The number of allylic oxidation sites excluding steroid dienone is 1. The number of rotatable bonds is 1. The predicted octanol–water partition coefficient (Wildman–Crippen LogP) is -2.98. The Morgan fingerprint density at radius 3 is 1.90 bits per heavy atom. The van der Waals surface area contributed by atoms with E-state index in [1.165, 1.54) is 0 Å². The Morgan fingerprint density at radius 2 is 1.80 bits per heavy atom. The summed E-state index contributed by atoms with van der Waals surface area (Å²) in [5.41, 5.74) is -0.0486. The Balaban J connectivity index is 0. The minimum absolute atomic E-state index is 0. The van der Waals surface area contributed by atoms with Gasteiger partial charge in [-0.1, -0.05) is 5.03 Å². The van der Waals surface area contributed by atoms with Gasteiger partial charge in [0.2, 0.25) is 0 Å². The van der Waals surface area contributed by atoms with Crippen LogP contribution in [0.5, 0.6) is 0 Å². The fourth-order valence-corrected chi connectivity index (χ4v) is 0.343. The SMILES string of the molecule is CNC([S-])=C(C#N)C#N.[Na+]. The van der Waals surface area contributed by atoms with Crippen molar-refractivity contribution in [1.29, 1.82) is 10.5 Å². The van der Waals surface area contributed by atoms with Gasteiger partial charge in [-0.25, -0.2) is 0 Å². The molecule has 0 aliphatic heterocycles. The summed E-state index contributed by atoms with van der Waals surface area (Å²) in [5.74, 6) is 0. The van der Waals surface area contributed by atoms with E-state index in [-0.39, 0.29) is 40.2 Å². The molecular formula is C5H4N3NaS. The molecule has 1 N–H and O–H groups in total. The molecule has 0 heterocycles. The quantitative estimate of drug-likeness (QED) is 0.253. The molecule has 0 radical (unpaired) electrons. The van der Waals surface area contributed by atoms with E-state index < -0.39 is 0 Å². The number of nitrogens with zero attached hydrogens (tertiary/aromatic N) is 2. The van der Waals surface area contributed by atoms with Gasteiger partial charge >= 0.3 is 29.6 Å². The van der Waals surface area contributed by atoms with Crippen LogP contribution in [0.3, 0.4) is 0 Å². The summed E-state index contributed by atoms with van der Waals surface area (Å²) in [4.78, 5) is 0. The topological polar surface area (TPSA) is 59.6 Å². The van der Waals surface area contributed by atoms with Crippen molar-refractivity contribution in [1.82, 2.24) is 5.32 Å². The van der Waals surface area contributed by atoms with Crippen LogP contribution in [0.1, 0.15) is 0 Å². The smallest absolute Gasteiger partial charge is 0.761 e. The zero-order valence-corrected chi connectivity index (χ0v) is 8.62. The van der Waals surface area contributed by atoms with Crippen molar-refractivity contribution in [3.05, 3.63) is 10.6 Å². The molecule has 0 rings (SSSR count). The van der Waals surface area contributed by atoms with Crippen LogP contribution in [-0.4, -0.2) is 7.05 Å². The molecule has 0 saturated heterocycles. The first-order valence-corrected chi connectivity index (χ1v) is 2.56. The van der Waals surface area contributed by atoms with E-state index in [9.17, 15) is 0 Å². The van der Waals surface area contributed by atoms with Crippen molar-refractivity contribution in [2.24, 2.45) is 0 Å². The maximum Gasteiger partial charge on any atom is 1.00 e. The molecular weight excluding hydrogens is 157 g/mol. The van der Waals surface area contributed by atoms with Gasteiger partial charge in [0.05, 0.1) is 0 Å². The second kappa shape index (κ2) is 6.85. The first-order chi connectivity index (χ1) is 4.26. The summed E-state index contributed by atoms with van der Waals surface area (Å²) in [7, 11) is 1.57. The molecule has 0 aromatic rings. The molecule has 0 saturated carbocycles. The molecule has 0 fully saturated rings.